The maximum absolute atomic E-state index is 12.2. The first-order valence-corrected chi connectivity index (χ1v) is 7.83. The van der Waals surface area contributed by atoms with Gasteiger partial charge in [-0.2, -0.15) is 0 Å². The van der Waals surface area contributed by atoms with Crippen LogP contribution in [0.4, 0.5) is 5.69 Å². The fourth-order valence-electron chi connectivity index (χ4n) is 2.15. The molecule has 0 atom stereocenters. The second-order valence-corrected chi connectivity index (χ2v) is 6.29. The van der Waals surface area contributed by atoms with E-state index in [1.165, 1.54) is 16.7 Å². The van der Waals surface area contributed by atoms with Crippen LogP contribution in [0, 0.1) is 6.92 Å². The minimum Gasteiger partial charge on any atom is -0.476 e. The molecule has 0 aliphatic rings. The molecule has 1 aromatic heterocycles. The van der Waals surface area contributed by atoms with E-state index in [1.54, 1.807) is 0 Å². The molecule has 0 saturated heterocycles. The SMILES string of the molecule is Cc1cccc(C(C)C)c1NC(=O)Cc1nc(C(=O)O)cs1. The van der Waals surface area contributed by atoms with Crippen LogP contribution in [0.3, 0.4) is 0 Å². The van der Waals surface area contributed by atoms with E-state index in [-0.39, 0.29) is 18.0 Å². The number of benzene rings is 1. The van der Waals surface area contributed by atoms with E-state index in [4.69, 9.17) is 5.11 Å². The molecular formula is C16H18N2O3S. The standard InChI is InChI=1S/C16H18N2O3S/c1-9(2)11-6-4-5-10(3)15(11)18-13(19)7-14-17-12(8-22-14)16(20)21/h4-6,8-9H,7H2,1-3H3,(H,18,19)(H,20,21). The number of nitrogens with one attached hydrogen (secondary N) is 1. The minimum absolute atomic E-state index is 0.0217. The zero-order chi connectivity index (χ0) is 16.3. The molecule has 116 valence electrons. The number of hydrogen-bond donors (Lipinski definition) is 2. The molecule has 2 aromatic rings. The van der Waals surface area contributed by atoms with Gasteiger partial charge in [0.15, 0.2) is 5.69 Å². The quantitative estimate of drug-likeness (QED) is 0.885. The van der Waals surface area contributed by atoms with Gasteiger partial charge in [0, 0.05) is 11.1 Å². The Morgan fingerprint density at radius 3 is 2.68 bits per heavy atom. The number of anilines is 1. The molecule has 5 nitrogen and oxygen atoms in total. The average Bonchev–Trinajstić information content (AvgIpc) is 2.89. The van der Waals surface area contributed by atoms with Crippen LogP contribution in [-0.2, 0) is 11.2 Å². The van der Waals surface area contributed by atoms with Crippen LogP contribution in [0.1, 0.15) is 46.4 Å². The topological polar surface area (TPSA) is 79.3 Å². The van der Waals surface area contributed by atoms with Gasteiger partial charge in [-0.3, -0.25) is 4.79 Å². The Labute approximate surface area is 133 Å². The van der Waals surface area contributed by atoms with E-state index < -0.39 is 5.97 Å². The van der Waals surface area contributed by atoms with Gasteiger partial charge in [0.2, 0.25) is 5.91 Å². The lowest BCUT2D eigenvalue weighted by atomic mass is 9.98. The lowest BCUT2D eigenvalue weighted by Gasteiger charge is -2.16. The summed E-state index contributed by atoms with van der Waals surface area (Å²) in [5.41, 5.74) is 2.90. The first kappa shape index (κ1) is 16.2. The number of carboxylic acid groups (broad SMARTS) is 1. The van der Waals surface area contributed by atoms with Crippen LogP contribution in [0.5, 0.6) is 0 Å². The monoisotopic (exact) mass is 318 g/mol. The largest absolute Gasteiger partial charge is 0.476 e. The molecule has 0 spiro atoms. The van der Waals surface area contributed by atoms with Crippen molar-refractivity contribution < 1.29 is 14.7 Å². The molecule has 6 heteroatoms. The van der Waals surface area contributed by atoms with Crippen molar-refractivity contribution in [3.05, 3.63) is 45.4 Å². The van der Waals surface area contributed by atoms with Crippen molar-refractivity contribution in [3.63, 3.8) is 0 Å². The summed E-state index contributed by atoms with van der Waals surface area (Å²) in [6.45, 7) is 6.10. The highest BCUT2D eigenvalue weighted by atomic mass is 32.1. The number of amides is 1. The van der Waals surface area contributed by atoms with Gasteiger partial charge in [-0.15, -0.1) is 11.3 Å². The van der Waals surface area contributed by atoms with Crippen molar-refractivity contribution in [1.29, 1.82) is 0 Å². The average molecular weight is 318 g/mol. The molecule has 1 aromatic carbocycles. The number of rotatable bonds is 5. The summed E-state index contributed by atoms with van der Waals surface area (Å²) < 4.78 is 0. The van der Waals surface area contributed by atoms with Gasteiger partial charge < -0.3 is 10.4 Å². The number of nitrogens with zero attached hydrogens (tertiary/aromatic N) is 1. The fraction of sp³-hybridized carbons (Fsp3) is 0.312. The Balaban J connectivity index is 2.13. The molecule has 0 saturated carbocycles. The smallest absolute Gasteiger partial charge is 0.355 e. The molecular weight excluding hydrogens is 300 g/mol. The van der Waals surface area contributed by atoms with Crippen molar-refractivity contribution in [2.75, 3.05) is 5.32 Å². The molecule has 0 aliphatic heterocycles. The Morgan fingerprint density at radius 1 is 1.36 bits per heavy atom. The number of aryl methyl sites for hydroxylation is 1. The fourth-order valence-corrected chi connectivity index (χ4v) is 2.92. The predicted octanol–water partition coefficient (Wildman–Crippen LogP) is 3.45. The summed E-state index contributed by atoms with van der Waals surface area (Å²) in [4.78, 5) is 26.9. The Hall–Kier alpha value is -2.21. The Bertz CT molecular complexity index is 707. The molecule has 0 unspecified atom stereocenters. The van der Waals surface area contributed by atoms with Crippen molar-refractivity contribution in [1.82, 2.24) is 4.98 Å². The third kappa shape index (κ3) is 3.71. The van der Waals surface area contributed by atoms with Gasteiger partial charge in [-0.1, -0.05) is 32.0 Å². The number of carbonyl (C=O) groups excluding carboxylic acids is 1. The molecule has 1 amide bonds. The Kier molecular flexibility index (Phi) is 4.92. The lowest BCUT2D eigenvalue weighted by molar-refractivity contribution is -0.115. The van der Waals surface area contributed by atoms with E-state index in [0.29, 0.717) is 10.9 Å². The molecule has 22 heavy (non-hydrogen) atoms. The summed E-state index contributed by atoms with van der Waals surface area (Å²) in [5.74, 6) is -0.972. The first-order chi connectivity index (χ1) is 10.4. The molecule has 1 heterocycles. The number of thiazole rings is 1. The highest BCUT2D eigenvalue weighted by Crippen LogP contribution is 2.27. The number of aromatic nitrogens is 1. The van der Waals surface area contributed by atoms with Crippen LogP contribution in [0.15, 0.2) is 23.6 Å². The molecule has 0 radical (unpaired) electrons. The van der Waals surface area contributed by atoms with Crippen LogP contribution < -0.4 is 5.32 Å². The third-order valence-electron chi connectivity index (χ3n) is 3.27. The number of carboxylic acids is 1. The predicted molar refractivity (Wildman–Crippen MR) is 86.7 cm³/mol. The van der Waals surface area contributed by atoms with Gasteiger partial charge in [-0.05, 0) is 24.0 Å². The summed E-state index contributed by atoms with van der Waals surface area (Å²) in [5, 5.41) is 13.7. The van der Waals surface area contributed by atoms with Crippen molar-refractivity contribution in [2.24, 2.45) is 0 Å². The van der Waals surface area contributed by atoms with Crippen molar-refractivity contribution in [2.45, 2.75) is 33.1 Å². The summed E-state index contributed by atoms with van der Waals surface area (Å²) in [6, 6.07) is 5.92. The highest BCUT2D eigenvalue weighted by molar-refractivity contribution is 7.09. The van der Waals surface area contributed by atoms with Gasteiger partial charge in [-0.25, -0.2) is 9.78 Å². The number of para-hydroxylation sites is 1. The molecule has 0 bridgehead atoms. The Morgan fingerprint density at radius 2 is 2.09 bits per heavy atom. The summed E-state index contributed by atoms with van der Waals surface area (Å²) >= 11 is 1.18. The van der Waals surface area contributed by atoms with Gasteiger partial charge in [0.1, 0.15) is 5.01 Å². The van der Waals surface area contributed by atoms with Crippen LogP contribution in [0.25, 0.3) is 0 Å². The lowest BCUT2D eigenvalue weighted by Crippen LogP contribution is -2.17. The van der Waals surface area contributed by atoms with Crippen molar-refractivity contribution in [3.8, 4) is 0 Å². The maximum atomic E-state index is 12.2. The van der Waals surface area contributed by atoms with E-state index in [2.05, 4.69) is 24.1 Å². The van der Waals surface area contributed by atoms with Crippen molar-refractivity contribution >= 4 is 28.9 Å². The zero-order valence-electron chi connectivity index (χ0n) is 12.7. The minimum atomic E-state index is -1.08. The number of hydrogen-bond acceptors (Lipinski definition) is 4. The van der Waals surface area contributed by atoms with Gasteiger partial charge in [0.25, 0.3) is 0 Å². The van der Waals surface area contributed by atoms with Gasteiger partial charge >= 0.3 is 5.97 Å². The normalized spacial score (nSPS) is 10.7. The van der Waals surface area contributed by atoms with Crippen LogP contribution in [-0.4, -0.2) is 22.0 Å². The van der Waals surface area contributed by atoms with E-state index in [9.17, 15) is 9.59 Å². The number of carbonyl (C=O) groups is 2. The second-order valence-electron chi connectivity index (χ2n) is 5.35. The van der Waals surface area contributed by atoms with Crippen LogP contribution in [0.2, 0.25) is 0 Å². The summed E-state index contributed by atoms with van der Waals surface area (Å²) in [6.07, 6.45) is 0.0732. The third-order valence-corrected chi connectivity index (χ3v) is 4.12. The van der Waals surface area contributed by atoms with E-state index in [0.717, 1.165) is 16.8 Å². The summed E-state index contributed by atoms with van der Waals surface area (Å²) in [7, 11) is 0. The zero-order valence-corrected chi connectivity index (χ0v) is 13.5. The van der Waals surface area contributed by atoms with Crippen LogP contribution >= 0.6 is 11.3 Å². The molecule has 0 aliphatic carbocycles. The highest BCUT2D eigenvalue weighted by Gasteiger charge is 2.15. The first-order valence-electron chi connectivity index (χ1n) is 6.95. The number of aromatic carboxylic acids is 1. The molecule has 2 rings (SSSR count). The molecule has 0 fully saturated rings. The molecule has 2 N–H and O–H groups in total. The van der Waals surface area contributed by atoms with E-state index in [1.807, 2.05) is 25.1 Å². The second kappa shape index (κ2) is 6.70. The van der Waals surface area contributed by atoms with Gasteiger partial charge in [0.05, 0.1) is 6.42 Å². The van der Waals surface area contributed by atoms with E-state index >= 15 is 0 Å². The maximum Gasteiger partial charge on any atom is 0.355 e.